The molecule has 0 aliphatic carbocycles. The molecule has 2 aliphatic heterocycles. The van der Waals surface area contributed by atoms with E-state index in [2.05, 4.69) is 0 Å². The van der Waals surface area contributed by atoms with Gasteiger partial charge in [-0.25, -0.2) is 8.42 Å². The van der Waals surface area contributed by atoms with Crippen molar-refractivity contribution in [1.29, 1.82) is 0 Å². The summed E-state index contributed by atoms with van der Waals surface area (Å²) in [7, 11) is -0.891. The van der Waals surface area contributed by atoms with Gasteiger partial charge in [0.05, 0.1) is 14.2 Å². The van der Waals surface area contributed by atoms with Gasteiger partial charge < -0.3 is 9.47 Å². The van der Waals surface area contributed by atoms with Crippen molar-refractivity contribution in [3.8, 4) is 11.5 Å². The number of likely N-dealkylation sites (tertiary alicyclic amines) is 1. The van der Waals surface area contributed by atoms with Gasteiger partial charge in [0.2, 0.25) is 21.8 Å². The SMILES string of the molecule is COc1ccc(OC)c(S(=O)(=O)N2CCC(N3C(=O)CCC3=O)CC2)c1. The van der Waals surface area contributed by atoms with Crippen LogP contribution in [-0.4, -0.2) is 62.8 Å². The Balaban J connectivity index is 1.78. The number of carbonyl (C=O) groups excluding carboxylic acids is 2. The first-order valence-electron chi connectivity index (χ1n) is 8.45. The second-order valence-electron chi connectivity index (χ2n) is 6.31. The molecule has 2 heterocycles. The molecule has 8 nitrogen and oxygen atoms in total. The summed E-state index contributed by atoms with van der Waals surface area (Å²) in [5, 5.41) is 0. The Morgan fingerprint density at radius 3 is 2.15 bits per heavy atom. The predicted molar refractivity (Wildman–Crippen MR) is 92.4 cm³/mol. The van der Waals surface area contributed by atoms with Crippen LogP contribution in [0.4, 0.5) is 0 Å². The first kappa shape index (κ1) is 18.7. The molecule has 0 N–H and O–H groups in total. The third-order valence-electron chi connectivity index (χ3n) is 4.87. The molecule has 0 atom stereocenters. The van der Waals surface area contributed by atoms with E-state index in [1.807, 2.05) is 0 Å². The van der Waals surface area contributed by atoms with E-state index in [4.69, 9.17) is 9.47 Å². The fourth-order valence-electron chi connectivity index (χ4n) is 3.47. The minimum absolute atomic E-state index is 0.0473. The van der Waals surface area contributed by atoms with Crippen molar-refractivity contribution in [1.82, 2.24) is 9.21 Å². The van der Waals surface area contributed by atoms with Crippen LogP contribution in [-0.2, 0) is 19.6 Å². The maximum atomic E-state index is 13.0. The number of benzene rings is 1. The van der Waals surface area contributed by atoms with Crippen LogP contribution >= 0.6 is 0 Å². The van der Waals surface area contributed by atoms with E-state index in [1.165, 1.54) is 29.5 Å². The molecule has 2 fully saturated rings. The summed E-state index contributed by atoms with van der Waals surface area (Å²) in [6, 6.07) is 4.40. The first-order valence-corrected chi connectivity index (χ1v) is 9.89. The van der Waals surface area contributed by atoms with Crippen LogP contribution < -0.4 is 9.47 Å². The van der Waals surface area contributed by atoms with Gasteiger partial charge in [-0.3, -0.25) is 14.5 Å². The highest BCUT2D eigenvalue weighted by Crippen LogP contribution is 2.33. The average Bonchev–Trinajstić information content (AvgIpc) is 2.99. The summed E-state index contributed by atoms with van der Waals surface area (Å²) in [5.74, 6) is 0.349. The molecular formula is C17H22N2O6S. The molecule has 0 bridgehead atoms. The fourth-order valence-corrected chi connectivity index (χ4v) is 5.11. The number of hydrogen-bond acceptors (Lipinski definition) is 6. The number of piperidine rings is 1. The maximum Gasteiger partial charge on any atom is 0.246 e. The first-order chi connectivity index (χ1) is 12.4. The van der Waals surface area contributed by atoms with E-state index in [9.17, 15) is 18.0 Å². The number of carbonyl (C=O) groups is 2. The summed E-state index contributed by atoms with van der Waals surface area (Å²) in [4.78, 5) is 25.1. The lowest BCUT2D eigenvalue weighted by molar-refractivity contribution is -0.141. The fraction of sp³-hybridized carbons (Fsp3) is 0.529. The van der Waals surface area contributed by atoms with Crippen molar-refractivity contribution >= 4 is 21.8 Å². The number of hydrogen-bond donors (Lipinski definition) is 0. The van der Waals surface area contributed by atoms with Crippen molar-refractivity contribution in [3.05, 3.63) is 18.2 Å². The van der Waals surface area contributed by atoms with Crippen LogP contribution in [0.2, 0.25) is 0 Å². The highest BCUT2D eigenvalue weighted by molar-refractivity contribution is 7.89. The van der Waals surface area contributed by atoms with E-state index in [0.717, 1.165) is 0 Å². The van der Waals surface area contributed by atoms with Gasteiger partial charge in [0.15, 0.2) is 0 Å². The van der Waals surface area contributed by atoms with Gasteiger partial charge in [0.25, 0.3) is 0 Å². The van der Waals surface area contributed by atoms with Gasteiger partial charge in [0, 0.05) is 38.0 Å². The molecule has 0 unspecified atom stereocenters. The van der Waals surface area contributed by atoms with Gasteiger partial charge in [-0.15, -0.1) is 0 Å². The Bertz CT molecular complexity index is 799. The third kappa shape index (κ3) is 3.28. The minimum Gasteiger partial charge on any atom is -0.497 e. The zero-order valence-electron chi connectivity index (χ0n) is 14.8. The van der Waals surface area contributed by atoms with Gasteiger partial charge >= 0.3 is 0 Å². The molecule has 9 heteroatoms. The molecule has 1 aromatic carbocycles. The molecule has 2 saturated heterocycles. The van der Waals surface area contributed by atoms with Crippen LogP contribution in [0.1, 0.15) is 25.7 Å². The lowest BCUT2D eigenvalue weighted by atomic mass is 10.1. The average molecular weight is 382 g/mol. The Morgan fingerprint density at radius 1 is 1.00 bits per heavy atom. The summed E-state index contributed by atoms with van der Waals surface area (Å²) in [5.41, 5.74) is 0. The van der Waals surface area contributed by atoms with Gasteiger partial charge in [-0.1, -0.05) is 0 Å². The Labute approximate surface area is 152 Å². The molecule has 0 radical (unpaired) electrons. The van der Waals surface area contributed by atoms with Crippen LogP contribution in [0, 0.1) is 0 Å². The van der Waals surface area contributed by atoms with E-state index >= 15 is 0 Å². The Kier molecular flexibility index (Phi) is 5.19. The van der Waals surface area contributed by atoms with Crippen LogP contribution in [0.5, 0.6) is 11.5 Å². The number of nitrogens with zero attached hydrogens (tertiary/aromatic N) is 2. The minimum atomic E-state index is -3.77. The van der Waals surface area contributed by atoms with E-state index in [0.29, 0.717) is 18.6 Å². The molecule has 26 heavy (non-hydrogen) atoms. The van der Waals surface area contributed by atoms with Crippen molar-refractivity contribution in [2.24, 2.45) is 0 Å². The second kappa shape index (κ2) is 7.24. The molecule has 2 amide bonds. The number of sulfonamides is 1. The number of ether oxygens (including phenoxy) is 2. The topological polar surface area (TPSA) is 93.2 Å². The Hall–Kier alpha value is -2.13. The van der Waals surface area contributed by atoms with E-state index < -0.39 is 10.0 Å². The van der Waals surface area contributed by atoms with Crippen LogP contribution in [0.15, 0.2) is 23.1 Å². The highest BCUT2D eigenvalue weighted by atomic mass is 32.2. The van der Waals surface area contributed by atoms with E-state index in [-0.39, 0.29) is 54.4 Å². The number of methoxy groups -OCH3 is 2. The number of imide groups is 1. The van der Waals surface area contributed by atoms with Gasteiger partial charge in [-0.2, -0.15) is 4.31 Å². The highest BCUT2D eigenvalue weighted by Gasteiger charge is 2.39. The molecule has 0 aromatic heterocycles. The standard InChI is InChI=1S/C17H22N2O6S/c1-24-13-3-4-14(25-2)15(11-13)26(22,23)18-9-7-12(8-10-18)19-16(20)5-6-17(19)21/h3-4,11-12H,5-10H2,1-2H3. The van der Waals surface area contributed by atoms with E-state index in [1.54, 1.807) is 12.1 Å². The largest absolute Gasteiger partial charge is 0.497 e. The smallest absolute Gasteiger partial charge is 0.246 e. The summed E-state index contributed by atoms with van der Waals surface area (Å²) >= 11 is 0. The summed E-state index contributed by atoms with van der Waals surface area (Å²) < 4.78 is 37.8. The lowest BCUT2D eigenvalue weighted by Crippen LogP contribution is -2.48. The summed E-state index contributed by atoms with van der Waals surface area (Å²) in [6.07, 6.45) is 1.36. The quantitative estimate of drug-likeness (QED) is 0.706. The monoisotopic (exact) mass is 382 g/mol. The predicted octanol–water partition coefficient (Wildman–Crippen LogP) is 1.01. The third-order valence-corrected chi connectivity index (χ3v) is 6.79. The normalized spacial score (nSPS) is 19.8. The zero-order valence-corrected chi connectivity index (χ0v) is 15.6. The number of rotatable bonds is 5. The molecule has 0 spiro atoms. The van der Waals surface area contributed by atoms with Gasteiger partial charge in [-0.05, 0) is 25.0 Å². The molecular weight excluding hydrogens is 360 g/mol. The second-order valence-corrected chi connectivity index (χ2v) is 8.22. The molecule has 3 rings (SSSR count). The van der Waals surface area contributed by atoms with Crippen molar-refractivity contribution in [2.45, 2.75) is 36.6 Å². The van der Waals surface area contributed by atoms with Crippen molar-refractivity contribution in [3.63, 3.8) is 0 Å². The lowest BCUT2D eigenvalue weighted by Gasteiger charge is -2.35. The maximum absolute atomic E-state index is 13.0. The van der Waals surface area contributed by atoms with Gasteiger partial charge in [0.1, 0.15) is 16.4 Å². The molecule has 2 aliphatic rings. The van der Waals surface area contributed by atoms with Crippen LogP contribution in [0.25, 0.3) is 0 Å². The summed E-state index contributed by atoms with van der Waals surface area (Å²) in [6.45, 7) is 0.481. The molecule has 1 aromatic rings. The molecule has 0 saturated carbocycles. The number of amides is 2. The van der Waals surface area contributed by atoms with Crippen molar-refractivity contribution in [2.75, 3.05) is 27.3 Å². The Morgan fingerprint density at radius 2 is 1.62 bits per heavy atom. The zero-order chi connectivity index (χ0) is 18.9. The van der Waals surface area contributed by atoms with Crippen LogP contribution in [0.3, 0.4) is 0 Å². The van der Waals surface area contributed by atoms with Crippen molar-refractivity contribution < 1.29 is 27.5 Å². The molecule has 142 valence electrons.